The largest absolute Gasteiger partial charge is 0.481 e. The van der Waals surface area contributed by atoms with E-state index in [2.05, 4.69) is 4.99 Å². The van der Waals surface area contributed by atoms with Crippen molar-refractivity contribution in [2.75, 3.05) is 0 Å². The van der Waals surface area contributed by atoms with Gasteiger partial charge in [0.2, 0.25) is 6.08 Å². The Morgan fingerprint density at radius 2 is 1.75 bits per heavy atom. The van der Waals surface area contributed by atoms with Crippen LogP contribution in [-0.4, -0.2) is 17.2 Å². The Hall–Kier alpha value is -2.71. The van der Waals surface area contributed by atoms with Gasteiger partial charge in [-0.15, -0.1) is 0 Å². The zero-order valence-electron chi connectivity index (χ0n) is 10.7. The number of carboxylic acids is 1. The van der Waals surface area contributed by atoms with Crippen LogP contribution in [0.2, 0.25) is 0 Å². The summed E-state index contributed by atoms with van der Waals surface area (Å²) in [6.45, 7) is 0. The van der Waals surface area contributed by atoms with E-state index in [0.717, 1.165) is 5.56 Å². The molecule has 2 aromatic rings. The van der Waals surface area contributed by atoms with E-state index in [1.54, 1.807) is 24.3 Å². The number of aliphatic carboxylic acids is 1. The Morgan fingerprint density at radius 1 is 1.10 bits per heavy atom. The van der Waals surface area contributed by atoms with E-state index >= 15 is 0 Å². The van der Waals surface area contributed by atoms with E-state index in [-0.39, 0.29) is 0 Å². The minimum atomic E-state index is -0.875. The number of carboxylic acid groups (broad SMARTS) is 1. The highest BCUT2D eigenvalue weighted by Gasteiger charge is 2.20. The molecule has 0 radical (unpaired) electrons. The van der Waals surface area contributed by atoms with E-state index in [1.165, 1.54) is 6.08 Å². The van der Waals surface area contributed by atoms with E-state index < -0.39 is 11.9 Å². The van der Waals surface area contributed by atoms with Gasteiger partial charge < -0.3 is 5.11 Å². The molecule has 20 heavy (non-hydrogen) atoms. The first-order valence-electron chi connectivity index (χ1n) is 6.15. The standard InChI is InChI=1S/C16H13NO3/c18-11-17-14-8-6-13(7-9-14)15(16(19)20)10-12-4-2-1-3-5-12/h1-9,15H,10H2,(H,19,20). The van der Waals surface area contributed by atoms with Crippen LogP contribution in [0.4, 0.5) is 5.69 Å². The lowest BCUT2D eigenvalue weighted by Crippen LogP contribution is -2.14. The first-order valence-corrected chi connectivity index (χ1v) is 6.15. The van der Waals surface area contributed by atoms with E-state index in [4.69, 9.17) is 0 Å². The molecule has 2 aromatic carbocycles. The molecule has 0 bridgehead atoms. The Bertz CT molecular complexity index is 629. The molecular weight excluding hydrogens is 254 g/mol. The van der Waals surface area contributed by atoms with Gasteiger partial charge in [-0.1, -0.05) is 42.5 Å². The predicted octanol–water partition coefficient (Wildman–Crippen LogP) is 3.06. The molecule has 2 rings (SSSR count). The molecule has 0 aliphatic carbocycles. The van der Waals surface area contributed by atoms with Crippen molar-refractivity contribution >= 4 is 17.7 Å². The highest BCUT2D eigenvalue weighted by atomic mass is 16.4. The van der Waals surface area contributed by atoms with Crippen molar-refractivity contribution in [1.29, 1.82) is 0 Å². The van der Waals surface area contributed by atoms with Crippen LogP contribution >= 0.6 is 0 Å². The van der Waals surface area contributed by atoms with Crippen molar-refractivity contribution in [3.63, 3.8) is 0 Å². The maximum Gasteiger partial charge on any atom is 0.311 e. The molecule has 0 spiro atoms. The van der Waals surface area contributed by atoms with Crippen LogP contribution in [0.5, 0.6) is 0 Å². The molecular formula is C16H13NO3. The normalized spacial score (nSPS) is 11.4. The minimum Gasteiger partial charge on any atom is -0.481 e. The summed E-state index contributed by atoms with van der Waals surface area (Å²) < 4.78 is 0. The molecule has 0 aliphatic rings. The van der Waals surface area contributed by atoms with Gasteiger partial charge in [0, 0.05) is 0 Å². The third-order valence-electron chi connectivity index (χ3n) is 3.05. The second-order valence-electron chi connectivity index (χ2n) is 4.38. The number of benzene rings is 2. The van der Waals surface area contributed by atoms with Crippen LogP contribution in [0.25, 0.3) is 0 Å². The first-order chi connectivity index (χ1) is 9.70. The summed E-state index contributed by atoms with van der Waals surface area (Å²) in [5, 5.41) is 9.37. The van der Waals surface area contributed by atoms with Crippen molar-refractivity contribution in [3.05, 3.63) is 65.7 Å². The molecule has 0 saturated heterocycles. The fourth-order valence-corrected chi connectivity index (χ4v) is 2.03. The molecule has 0 aromatic heterocycles. The summed E-state index contributed by atoms with van der Waals surface area (Å²) in [6, 6.07) is 16.1. The Kier molecular flexibility index (Phi) is 4.43. The Morgan fingerprint density at radius 3 is 2.30 bits per heavy atom. The van der Waals surface area contributed by atoms with Gasteiger partial charge in [-0.2, -0.15) is 4.99 Å². The predicted molar refractivity (Wildman–Crippen MR) is 74.7 cm³/mol. The molecule has 0 amide bonds. The summed E-state index contributed by atoms with van der Waals surface area (Å²) in [6.07, 6.45) is 1.88. The topological polar surface area (TPSA) is 66.7 Å². The first kappa shape index (κ1) is 13.7. The molecule has 0 aliphatic heterocycles. The van der Waals surface area contributed by atoms with Crippen LogP contribution in [0.3, 0.4) is 0 Å². The minimum absolute atomic E-state index is 0.423. The third kappa shape index (κ3) is 3.40. The van der Waals surface area contributed by atoms with Crippen LogP contribution in [-0.2, 0) is 16.0 Å². The summed E-state index contributed by atoms with van der Waals surface area (Å²) in [4.78, 5) is 25.1. The third-order valence-corrected chi connectivity index (χ3v) is 3.05. The van der Waals surface area contributed by atoms with Gasteiger partial charge in [-0.25, -0.2) is 4.79 Å². The SMILES string of the molecule is O=C=Nc1ccc(C(Cc2ccccc2)C(=O)O)cc1. The number of aliphatic imine (C=N–C) groups is 1. The van der Waals surface area contributed by atoms with E-state index in [1.807, 2.05) is 30.3 Å². The number of isocyanates is 1. The fourth-order valence-electron chi connectivity index (χ4n) is 2.03. The zero-order valence-corrected chi connectivity index (χ0v) is 10.7. The fraction of sp³-hybridized carbons (Fsp3) is 0.125. The maximum absolute atomic E-state index is 11.4. The average molecular weight is 267 g/mol. The monoisotopic (exact) mass is 267 g/mol. The number of hydrogen-bond donors (Lipinski definition) is 1. The highest BCUT2D eigenvalue weighted by Crippen LogP contribution is 2.23. The van der Waals surface area contributed by atoms with Gasteiger partial charge in [0.1, 0.15) is 0 Å². The maximum atomic E-state index is 11.4. The number of carbonyl (C=O) groups is 1. The highest BCUT2D eigenvalue weighted by molar-refractivity contribution is 5.76. The second-order valence-corrected chi connectivity index (χ2v) is 4.38. The molecule has 0 fully saturated rings. The van der Waals surface area contributed by atoms with Gasteiger partial charge >= 0.3 is 5.97 Å². The quantitative estimate of drug-likeness (QED) is 0.668. The van der Waals surface area contributed by atoms with Crippen LogP contribution < -0.4 is 0 Å². The summed E-state index contributed by atoms with van der Waals surface area (Å²) in [5.74, 6) is -1.49. The number of hydrogen-bond acceptors (Lipinski definition) is 3. The Labute approximate surface area is 116 Å². The molecule has 1 unspecified atom stereocenters. The number of rotatable bonds is 5. The smallest absolute Gasteiger partial charge is 0.311 e. The van der Waals surface area contributed by atoms with Gasteiger partial charge in [-0.3, -0.25) is 4.79 Å². The molecule has 0 heterocycles. The van der Waals surface area contributed by atoms with Crippen molar-refractivity contribution in [2.24, 2.45) is 4.99 Å². The van der Waals surface area contributed by atoms with Crippen LogP contribution in [0, 0.1) is 0 Å². The van der Waals surface area contributed by atoms with Gasteiger partial charge in [0.25, 0.3) is 0 Å². The van der Waals surface area contributed by atoms with Gasteiger partial charge in [-0.05, 0) is 29.7 Å². The van der Waals surface area contributed by atoms with Gasteiger partial charge in [0.05, 0.1) is 11.6 Å². The van der Waals surface area contributed by atoms with Gasteiger partial charge in [0.15, 0.2) is 0 Å². The molecule has 1 atom stereocenters. The average Bonchev–Trinajstić information content (AvgIpc) is 2.47. The second kappa shape index (κ2) is 6.45. The zero-order chi connectivity index (χ0) is 14.4. The van der Waals surface area contributed by atoms with Crippen molar-refractivity contribution in [3.8, 4) is 0 Å². The molecule has 4 nitrogen and oxygen atoms in total. The lowest BCUT2D eigenvalue weighted by molar-refractivity contribution is -0.138. The van der Waals surface area contributed by atoms with Crippen molar-refractivity contribution in [1.82, 2.24) is 0 Å². The molecule has 0 saturated carbocycles. The van der Waals surface area contributed by atoms with Crippen molar-refractivity contribution < 1.29 is 14.7 Å². The Balaban J connectivity index is 2.24. The summed E-state index contributed by atoms with van der Waals surface area (Å²) in [5.41, 5.74) is 2.12. The van der Waals surface area contributed by atoms with Crippen molar-refractivity contribution in [2.45, 2.75) is 12.3 Å². The lowest BCUT2D eigenvalue weighted by atomic mass is 9.92. The lowest BCUT2D eigenvalue weighted by Gasteiger charge is -2.13. The number of carbonyl (C=O) groups excluding carboxylic acids is 1. The summed E-state index contributed by atoms with van der Waals surface area (Å²) >= 11 is 0. The summed E-state index contributed by atoms with van der Waals surface area (Å²) in [7, 11) is 0. The molecule has 4 heteroatoms. The molecule has 100 valence electrons. The van der Waals surface area contributed by atoms with Crippen LogP contribution in [0.1, 0.15) is 17.0 Å². The van der Waals surface area contributed by atoms with E-state index in [9.17, 15) is 14.7 Å². The number of nitrogens with zero attached hydrogens (tertiary/aromatic N) is 1. The molecule has 1 N–H and O–H groups in total. The van der Waals surface area contributed by atoms with E-state index in [0.29, 0.717) is 17.7 Å². The van der Waals surface area contributed by atoms with Crippen LogP contribution in [0.15, 0.2) is 59.6 Å².